The summed E-state index contributed by atoms with van der Waals surface area (Å²) in [6.07, 6.45) is 4.13. The number of ketones is 1. The Morgan fingerprint density at radius 1 is 1.12 bits per heavy atom. The maximum atomic E-state index is 12.9. The van der Waals surface area contributed by atoms with Gasteiger partial charge in [-0.05, 0) is 37.0 Å². The van der Waals surface area contributed by atoms with Crippen molar-refractivity contribution in [1.82, 2.24) is 5.32 Å². The second-order valence-corrected chi connectivity index (χ2v) is 8.22. The summed E-state index contributed by atoms with van der Waals surface area (Å²) in [6, 6.07) is 9.66. The summed E-state index contributed by atoms with van der Waals surface area (Å²) in [5.74, 6) is -1.46. The number of carbonyl (C=O) groups is 3. The van der Waals surface area contributed by atoms with Gasteiger partial charge >= 0.3 is 5.97 Å². The molecule has 0 saturated heterocycles. The van der Waals surface area contributed by atoms with E-state index in [2.05, 4.69) is 12.2 Å². The molecule has 1 N–H and O–H groups in total. The zero-order chi connectivity index (χ0) is 23.3. The molecule has 32 heavy (non-hydrogen) atoms. The monoisotopic (exact) mass is 458 g/mol. The summed E-state index contributed by atoms with van der Waals surface area (Å²) in [7, 11) is 0. The summed E-state index contributed by atoms with van der Waals surface area (Å²) >= 11 is 5.81. The van der Waals surface area contributed by atoms with Crippen molar-refractivity contribution in [1.29, 1.82) is 0 Å². The second kappa shape index (κ2) is 10.4. The predicted octanol–water partition coefficient (Wildman–Crippen LogP) is 4.33. The first-order chi connectivity index (χ1) is 15.3. The van der Waals surface area contributed by atoms with Gasteiger partial charge in [0.15, 0.2) is 12.4 Å². The molecule has 1 fully saturated rings. The van der Waals surface area contributed by atoms with E-state index in [4.69, 9.17) is 16.3 Å². The quantitative estimate of drug-likeness (QED) is 0.285. The summed E-state index contributed by atoms with van der Waals surface area (Å²) < 4.78 is 5.14. The number of halogens is 1. The number of nitrogens with zero attached hydrogens (tertiary/aromatic N) is 1. The number of hydrogen-bond donors (Lipinski definition) is 1. The lowest BCUT2D eigenvalue weighted by atomic mass is 9.86. The third-order valence-electron chi connectivity index (χ3n) is 5.59. The average molecular weight is 459 g/mol. The number of nitrogens with one attached hydrogen (secondary N) is 1. The van der Waals surface area contributed by atoms with Gasteiger partial charge in [0.1, 0.15) is 5.02 Å². The van der Waals surface area contributed by atoms with Crippen LogP contribution in [0.3, 0.4) is 0 Å². The molecule has 2 aromatic carbocycles. The highest BCUT2D eigenvalue weighted by Crippen LogP contribution is 2.27. The minimum absolute atomic E-state index is 0.00498. The number of hydrogen-bond acceptors (Lipinski definition) is 6. The van der Waals surface area contributed by atoms with Gasteiger partial charge in [0.25, 0.3) is 11.6 Å². The Bertz CT molecular complexity index is 1050. The Morgan fingerprint density at radius 2 is 1.81 bits per heavy atom. The first kappa shape index (κ1) is 23.4. The molecule has 0 aliphatic heterocycles. The number of rotatable bonds is 7. The van der Waals surface area contributed by atoms with Crippen LogP contribution in [0.4, 0.5) is 5.69 Å². The molecule has 0 aromatic heterocycles. The largest absolute Gasteiger partial charge is 0.452 e. The van der Waals surface area contributed by atoms with Crippen LogP contribution in [0.25, 0.3) is 0 Å². The van der Waals surface area contributed by atoms with Crippen molar-refractivity contribution in [3.8, 4) is 0 Å². The van der Waals surface area contributed by atoms with Gasteiger partial charge in [-0.3, -0.25) is 19.7 Å². The van der Waals surface area contributed by atoms with Gasteiger partial charge in [0, 0.05) is 23.2 Å². The van der Waals surface area contributed by atoms with Crippen molar-refractivity contribution in [2.75, 3.05) is 6.61 Å². The second-order valence-electron chi connectivity index (χ2n) is 7.81. The lowest BCUT2D eigenvalue weighted by molar-refractivity contribution is -0.384. The van der Waals surface area contributed by atoms with Crippen LogP contribution in [0.1, 0.15) is 58.9 Å². The predicted molar refractivity (Wildman–Crippen MR) is 118 cm³/mol. The molecule has 168 valence electrons. The van der Waals surface area contributed by atoms with E-state index < -0.39 is 34.9 Å². The van der Waals surface area contributed by atoms with E-state index in [9.17, 15) is 24.5 Å². The highest BCUT2D eigenvalue weighted by atomic mass is 35.5. The Labute approximate surface area is 190 Å². The molecule has 0 spiro atoms. The van der Waals surface area contributed by atoms with E-state index >= 15 is 0 Å². The van der Waals surface area contributed by atoms with E-state index in [-0.39, 0.29) is 27.8 Å². The van der Waals surface area contributed by atoms with Gasteiger partial charge in [0.05, 0.1) is 10.5 Å². The normalized spacial score (nSPS) is 17.9. The van der Waals surface area contributed by atoms with Crippen molar-refractivity contribution >= 4 is 34.9 Å². The third kappa shape index (κ3) is 5.50. The van der Waals surface area contributed by atoms with E-state index in [1.807, 2.05) is 0 Å². The molecule has 1 saturated carbocycles. The van der Waals surface area contributed by atoms with E-state index in [1.165, 1.54) is 24.3 Å². The van der Waals surface area contributed by atoms with Crippen molar-refractivity contribution in [3.63, 3.8) is 0 Å². The smallest absolute Gasteiger partial charge is 0.339 e. The highest BCUT2D eigenvalue weighted by molar-refractivity contribution is 6.33. The lowest BCUT2D eigenvalue weighted by Crippen LogP contribution is -2.42. The van der Waals surface area contributed by atoms with Crippen LogP contribution in [-0.4, -0.2) is 35.2 Å². The van der Waals surface area contributed by atoms with Crippen molar-refractivity contribution in [2.24, 2.45) is 5.92 Å². The van der Waals surface area contributed by atoms with Gasteiger partial charge in [0.2, 0.25) is 0 Å². The molecule has 0 radical (unpaired) electrons. The van der Waals surface area contributed by atoms with Crippen LogP contribution in [0.15, 0.2) is 42.5 Å². The fraction of sp³-hybridized carbons (Fsp3) is 0.348. The number of amides is 1. The molecule has 0 heterocycles. The first-order valence-corrected chi connectivity index (χ1v) is 10.7. The summed E-state index contributed by atoms with van der Waals surface area (Å²) in [5, 5.41) is 13.9. The van der Waals surface area contributed by atoms with Crippen LogP contribution < -0.4 is 5.32 Å². The molecule has 0 bridgehead atoms. The molecule has 2 aromatic rings. The fourth-order valence-electron chi connectivity index (χ4n) is 3.80. The fourth-order valence-corrected chi connectivity index (χ4v) is 3.98. The molecule has 3 rings (SSSR count). The van der Waals surface area contributed by atoms with Gasteiger partial charge in [-0.25, -0.2) is 4.79 Å². The van der Waals surface area contributed by atoms with Crippen LogP contribution >= 0.6 is 11.6 Å². The SMILES string of the molecule is CC1CCCCC1NC(=O)COC(=O)c1ccccc1C(=O)c1ccc(Cl)c([N+](=O)[O-])c1. The maximum absolute atomic E-state index is 12.9. The molecule has 1 aliphatic carbocycles. The number of carbonyl (C=O) groups excluding carboxylic acids is 3. The van der Waals surface area contributed by atoms with Gasteiger partial charge in [-0.1, -0.05) is 49.6 Å². The number of nitro groups is 1. The Balaban J connectivity index is 1.71. The number of esters is 1. The summed E-state index contributed by atoms with van der Waals surface area (Å²) in [4.78, 5) is 48.2. The van der Waals surface area contributed by atoms with Crippen LogP contribution in [0.2, 0.25) is 5.02 Å². The van der Waals surface area contributed by atoms with Crippen LogP contribution in [0.5, 0.6) is 0 Å². The van der Waals surface area contributed by atoms with E-state index in [1.54, 1.807) is 12.1 Å². The van der Waals surface area contributed by atoms with Gasteiger partial charge in [-0.2, -0.15) is 0 Å². The topological polar surface area (TPSA) is 116 Å². The van der Waals surface area contributed by atoms with Crippen molar-refractivity contribution in [3.05, 3.63) is 74.3 Å². The number of benzene rings is 2. The molecule has 1 aliphatic rings. The van der Waals surface area contributed by atoms with Gasteiger partial charge in [-0.15, -0.1) is 0 Å². The highest BCUT2D eigenvalue weighted by Gasteiger charge is 2.25. The third-order valence-corrected chi connectivity index (χ3v) is 5.91. The summed E-state index contributed by atoms with van der Waals surface area (Å²) in [5.41, 5.74) is -0.430. The first-order valence-electron chi connectivity index (χ1n) is 10.3. The summed E-state index contributed by atoms with van der Waals surface area (Å²) in [6.45, 7) is 1.62. The maximum Gasteiger partial charge on any atom is 0.339 e. The minimum atomic E-state index is -0.829. The lowest BCUT2D eigenvalue weighted by Gasteiger charge is -2.29. The van der Waals surface area contributed by atoms with E-state index in [0.717, 1.165) is 31.7 Å². The molecule has 8 nitrogen and oxygen atoms in total. The molecular weight excluding hydrogens is 436 g/mol. The molecule has 1 amide bonds. The Morgan fingerprint density at radius 3 is 2.50 bits per heavy atom. The Hall–Kier alpha value is -3.26. The molecule has 9 heteroatoms. The van der Waals surface area contributed by atoms with Crippen molar-refractivity contribution < 1.29 is 24.0 Å². The van der Waals surface area contributed by atoms with E-state index in [0.29, 0.717) is 5.92 Å². The number of ether oxygens (including phenoxy) is 1. The molecular formula is C23H23ClN2O6. The van der Waals surface area contributed by atoms with Crippen molar-refractivity contribution in [2.45, 2.75) is 38.6 Å². The molecule has 2 unspecified atom stereocenters. The zero-order valence-corrected chi connectivity index (χ0v) is 18.3. The molecule has 2 atom stereocenters. The standard InChI is InChI=1S/C23H23ClN2O6/c1-14-6-2-5-9-19(14)25-21(27)13-32-23(29)17-8-4-3-7-16(17)22(28)15-10-11-18(24)20(12-15)26(30)31/h3-4,7-8,10-12,14,19H,2,5-6,9,13H2,1H3,(H,25,27). The minimum Gasteiger partial charge on any atom is -0.452 e. The number of nitro benzene ring substituents is 1. The van der Waals surface area contributed by atoms with Gasteiger partial charge < -0.3 is 10.1 Å². The Kier molecular flexibility index (Phi) is 7.58. The average Bonchev–Trinajstić information content (AvgIpc) is 2.78. The van der Waals surface area contributed by atoms with Crippen LogP contribution in [0, 0.1) is 16.0 Å². The zero-order valence-electron chi connectivity index (χ0n) is 17.5. The van der Waals surface area contributed by atoms with Crippen LogP contribution in [-0.2, 0) is 9.53 Å².